The monoisotopic (exact) mass is 508 g/mol. The van der Waals surface area contributed by atoms with Gasteiger partial charge in [0.2, 0.25) is 16.3 Å². The molecule has 1 amide bonds. The molecule has 2 N–H and O–H groups in total. The molecule has 10 nitrogen and oxygen atoms in total. The second kappa shape index (κ2) is 10.6. The molecule has 0 radical (unpaired) electrons. The Hall–Kier alpha value is -3.22. The predicted octanol–water partition coefficient (Wildman–Crippen LogP) is 2.31. The molecular formula is C23H29FN4O6S. The lowest BCUT2D eigenvalue weighted by atomic mass is 9.91. The second-order valence-electron chi connectivity index (χ2n) is 8.45. The van der Waals surface area contributed by atoms with Gasteiger partial charge < -0.3 is 24.4 Å². The van der Waals surface area contributed by atoms with Gasteiger partial charge in [-0.2, -0.15) is 0 Å². The largest absolute Gasteiger partial charge is 0.460 e. The summed E-state index contributed by atoms with van der Waals surface area (Å²) in [5.41, 5.74) is 1.92. The smallest absolute Gasteiger partial charge is 0.414 e. The zero-order chi connectivity index (χ0) is 25.9. The van der Waals surface area contributed by atoms with Crippen molar-refractivity contribution >= 4 is 27.5 Å². The third kappa shape index (κ3) is 6.27. The number of rotatable bonds is 8. The molecule has 0 aliphatic carbocycles. The van der Waals surface area contributed by atoms with E-state index in [1.54, 1.807) is 26.2 Å². The fourth-order valence-electron chi connectivity index (χ4n) is 3.43. The zero-order valence-corrected chi connectivity index (χ0v) is 21.0. The molecule has 0 fully saturated rings. The lowest BCUT2D eigenvalue weighted by Gasteiger charge is -2.30. The Balaban J connectivity index is 2.02. The lowest BCUT2D eigenvalue weighted by Crippen LogP contribution is -2.29. The molecule has 1 unspecified atom stereocenters. The van der Waals surface area contributed by atoms with Crippen molar-refractivity contribution in [2.75, 3.05) is 45.2 Å². The molecule has 0 saturated heterocycles. The molecule has 0 saturated carbocycles. The van der Waals surface area contributed by atoms with Gasteiger partial charge in [0.1, 0.15) is 11.5 Å². The summed E-state index contributed by atoms with van der Waals surface area (Å²) in [7, 11) is 3.09. The number of hydrogen-bond donors (Lipinski definition) is 2. The third-order valence-corrected chi connectivity index (χ3v) is 6.49. The minimum absolute atomic E-state index is 0.0453. The van der Waals surface area contributed by atoms with Crippen molar-refractivity contribution in [3.05, 3.63) is 53.0 Å². The molecule has 1 aliphatic heterocycles. The van der Waals surface area contributed by atoms with E-state index < -0.39 is 34.0 Å². The molecule has 2 aromatic rings. The summed E-state index contributed by atoms with van der Waals surface area (Å²) in [6.07, 6.45) is -0.710. The first kappa shape index (κ1) is 26.4. The first-order valence-corrected chi connectivity index (χ1v) is 12.5. The van der Waals surface area contributed by atoms with Crippen molar-refractivity contribution in [2.24, 2.45) is 0 Å². The number of anilines is 1. The van der Waals surface area contributed by atoms with Crippen LogP contribution in [0.25, 0.3) is 5.57 Å². The van der Waals surface area contributed by atoms with Crippen molar-refractivity contribution in [3.8, 4) is 11.5 Å². The van der Waals surface area contributed by atoms with Crippen LogP contribution in [0, 0.1) is 5.82 Å². The number of benzene rings is 1. The van der Waals surface area contributed by atoms with Gasteiger partial charge >= 0.3 is 6.09 Å². The molecule has 3 rings (SSSR count). The Morgan fingerprint density at radius 1 is 1.26 bits per heavy atom. The number of aliphatic hydroxyl groups excluding tert-OH is 1. The van der Waals surface area contributed by atoms with Gasteiger partial charge in [-0.1, -0.05) is 0 Å². The molecule has 0 spiro atoms. The summed E-state index contributed by atoms with van der Waals surface area (Å²) in [5, 5.41) is 10.8. The van der Waals surface area contributed by atoms with E-state index in [4.69, 9.17) is 9.47 Å². The van der Waals surface area contributed by atoms with Gasteiger partial charge in [0, 0.05) is 50.5 Å². The summed E-state index contributed by atoms with van der Waals surface area (Å²) in [6.45, 7) is 1.84. The molecule has 2 heterocycles. The van der Waals surface area contributed by atoms with Crippen LogP contribution in [0.3, 0.4) is 0 Å². The number of carbonyl (C=O) groups excluding carboxylic acids is 1. The number of nitrogens with zero attached hydrogens (tertiary/aromatic N) is 3. The number of nitrogens with one attached hydrogen (secondary N) is 1. The molecule has 1 aromatic carbocycles. The number of fused-ring (bicyclic) bond motifs is 1. The number of hydrogen-bond acceptors (Lipinski definition) is 8. The van der Waals surface area contributed by atoms with E-state index in [-0.39, 0.29) is 23.5 Å². The van der Waals surface area contributed by atoms with Crippen molar-refractivity contribution in [1.29, 1.82) is 0 Å². The summed E-state index contributed by atoms with van der Waals surface area (Å²) in [4.78, 5) is 18.9. The van der Waals surface area contributed by atoms with Gasteiger partial charge in [0.05, 0.1) is 5.75 Å². The van der Waals surface area contributed by atoms with Crippen LogP contribution < -0.4 is 14.2 Å². The van der Waals surface area contributed by atoms with Gasteiger partial charge in [0.15, 0.2) is 11.6 Å². The summed E-state index contributed by atoms with van der Waals surface area (Å²) < 4.78 is 52.1. The molecule has 0 bridgehead atoms. The van der Waals surface area contributed by atoms with Gasteiger partial charge in [-0.05, 0) is 50.4 Å². The maximum absolute atomic E-state index is 15.1. The lowest BCUT2D eigenvalue weighted by molar-refractivity contribution is 0.00994. The van der Waals surface area contributed by atoms with Gasteiger partial charge in [-0.3, -0.25) is 4.72 Å². The van der Waals surface area contributed by atoms with Gasteiger partial charge in [-0.15, -0.1) is 0 Å². The SMILES string of the molecule is CCS(=O)(=O)Nc1nccc(CC2=C(CN(C)C)c3ccc(OC(=O)N(C)C)cc3OC2O)c1F. The van der Waals surface area contributed by atoms with E-state index in [1.165, 1.54) is 30.2 Å². The predicted molar refractivity (Wildman–Crippen MR) is 129 cm³/mol. The number of amides is 1. The fourth-order valence-corrected chi connectivity index (χ4v) is 4.01. The quantitative estimate of drug-likeness (QED) is 0.557. The Morgan fingerprint density at radius 2 is 1.97 bits per heavy atom. The normalized spacial score (nSPS) is 15.5. The van der Waals surface area contributed by atoms with E-state index in [0.29, 0.717) is 29.0 Å². The number of aromatic nitrogens is 1. The van der Waals surface area contributed by atoms with Crippen LogP contribution in [-0.4, -0.2) is 81.2 Å². The average Bonchev–Trinajstić information content (AvgIpc) is 2.77. The van der Waals surface area contributed by atoms with Crippen LogP contribution in [0.4, 0.5) is 15.0 Å². The summed E-state index contributed by atoms with van der Waals surface area (Å²) >= 11 is 0. The Bertz CT molecular complexity index is 1250. The highest BCUT2D eigenvalue weighted by molar-refractivity contribution is 7.92. The number of ether oxygens (including phenoxy) is 2. The topological polar surface area (TPSA) is 121 Å². The van der Waals surface area contributed by atoms with Crippen molar-refractivity contribution in [3.63, 3.8) is 0 Å². The van der Waals surface area contributed by atoms with E-state index in [0.717, 1.165) is 0 Å². The Labute approximate surface area is 204 Å². The average molecular weight is 509 g/mol. The molecule has 12 heteroatoms. The summed E-state index contributed by atoms with van der Waals surface area (Å²) in [6, 6.07) is 6.25. The number of aliphatic hydroxyl groups is 1. The number of pyridine rings is 1. The minimum atomic E-state index is -3.72. The van der Waals surface area contributed by atoms with E-state index in [1.807, 2.05) is 19.0 Å². The number of carbonyl (C=O) groups is 1. The van der Waals surface area contributed by atoms with Crippen LogP contribution in [-0.2, 0) is 16.4 Å². The zero-order valence-electron chi connectivity index (χ0n) is 20.2. The van der Waals surface area contributed by atoms with Crippen molar-refractivity contribution < 1.29 is 32.2 Å². The molecule has 35 heavy (non-hydrogen) atoms. The van der Waals surface area contributed by atoms with Crippen molar-refractivity contribution in [1.82, 2.24) is 14.8 Å². The van der Waals surface area contributed by atoms with Crippen LogP contribution in [0.2, 0.25) is 0 Å². The molecule has 1 atom stereocenters. The van der Waals surface area contributed by atoms with Crippen LogP contribution in [0.15, 0.2) is 36.0 Å². The molecule has 190 valence electrons. The van der Waals surface area contributed by atoms with E-state index >= 15 is 4.39 Å². The first-order valence-electron chi connectivity index (χ1n) is 10.8. The third-order valence-electron chi connectivity index (χ3n) is 5.23. The van der Waals surface area contributed by atoms with Gasteiger partial charge in [0.25, 0.3) is 0 Å². The highest BCUT2D eigenvalue weighted by Crippen LogP contribution is 2.39. The summed E-state index contributed by atoms with van der Waals surface area (Å²) in [5.74, 6) is -0.904. The van der Waals surface area contributed by atoms with E-state index in [2.05, 4.69) is 9.71 Å². The van der Waals surface area contributed by atoms with Crippen LogP contribution in [0.5, 0.6) is 11.5 Å². The maximum Gasteiger partial charge on any atom is 0.414 e. The number of halogens is 1. The number of likely N-dealkylation sites (N-methyl/N-ethyl adjacent to an activating group) is 1. The van der Waals surface area contributed by atoms with Crippen molar-refractivity contribution in [2.45, 2.75) is 19.6 Å². The molecule has 1 aromatic heterocycles. The van der Waals surface area contributed by atoms with E-state index in [9.17, 15) is 18.3 Å². The van der Waals surface area contributed by atoms with Crippen LogP contribution >= 0.6 is 0 Å². The standard InChI is InChI=1S/C23H29FN4O6S/c1-6-35(31,32)26-21-20(24)14(9-10-25-21)11-17-18(13-27(2)3)16-8-7-15(33-23(30)28(4)5)12-19(16)34-22(17)29/h7-10,12,22,29H,6,11,13H2,1-5H3,(H,25,26). The number of sulfonamides is 1. The maximum atomic E-state index is 15.1. The fraction of sp³-hybridized carbons (Fsp3) is 0.391. The van der Waals surface area contributed by atoms with Gasteiger partial charge in [-0.25, -0.2) is 22.6 Å². The first-order chi connectivity index (χ1) is 16.4. The molecular weight excluding hydrogens is 479 g/mol. The Morgan fingerprint density at radius 3 is 2.60 bits per heavy atom. The van der Waals surface area contributed by atoms with Crippen LogP contribution in [0.1, 0.15) is 18.1 Å². The second-order valence-corrected chi connectivity index (χ2v) is 10.5. The highest BCUT2D eigenvalue weighted by atomic mass is 32.2. The minimum Gasteiger partial charge on any atom is -0.460 e. The molecule has 1 aliphatic rings. The Kier molecular flexibility index (Phi) is 7.98. The highest BCUT2D eigenvalue weighted by Gasteiger charge is 2.29.